The van der Waals surface area contributed by atoms with Crippen LogP contribution in [0, 0.1) is 0 Å². The molecule has 0 N–H and O–H groups in total. The molecule has 0 spiro atoms. The number of benzene rings is 2. The number of ether oxygens (including phenoxy) is 4. The molecule has 24 heavy (non-hydrogen) atoms. The molecule has 1 aliphatic rings. The fourth-order valence-electron chi connectivity index (χ4n) is 2.27. The van der Waals surface area contributed by atoms with E-state index in [-0.39, 0.29) is 26.4 Å². The molecule has 2 aromatic rings. The minimum atomic E-state index is -0.736. The van der Waals surface area contributed by atoms with Crippen LogP contribution in [-0.2, 0) is 45.4 Å². The van der Waals surface area contributed by atoms with E-state index in [4.69, 9.17) is 18.9 Å². The van der Waals surface area contributed by atoms with Crippen LogP contribution < -0.4 is 0 Å². The van der Waals surface area contributed by atoms with Gasteiger partial charge in [-0.2, -0.15) is 0 Å². The molecular weight excluding hydrogens is 312 g/mol. The van der Waals surface area contributed by atoms with Crippen molar-refractivity contribution in [2.45, 2.75) is 26.4 Å². The van der Waals surface area contributed by atoms with E-state index in [2.05, 4.69) is 0 Å². The minimum Gasteiger partial charge on any atom is -0.429 e. The van der Waals surface area contributed by atoms with Crippen molar-refractivity contribution in [3.05, 3.63) is 70.8 Å². The normalized spacial score (nSPS) is 15.5. The van der Waals surface area contributed by atoms with Gasteiger partial charge in [-0.3, -0.25) is 0 Å². The van der Waals surface area contributed by atoms with E-state index in [1.807, 2.05) is 24.3 Å². The summed E-state index contributed by atoms with van der Waals surface area (Å²) >= 11 is 0. The first-order valence-corrected chi connectivity index (χ1v) is 7.44. The first kappa shape index (κ1) is 15.9. The van der Waals surface area contributed by atoms with Crippen molar-refractivity contribution in [2.75, 3.05) is 0 Å². The van der Waals surface area contributed by atoms with Gasteiger partial charge in [0.15, 0.2) is 0 Å². The molecule has 2 aromatic carbocycles. The maximum Gasteiger partial charge on any atom is 0.508 e. The first-order valence-electron chi connectivity index (χ1n) is 7.44. The molecule has 0 saturated heterocycles. The van der Waals surface area contributed by atoms with Gasteiger partial charge < -0.3 is 18.9 Å². The number of rotatable bonds is 0. The zero-order valence-corrected chi connectivity index (χ0v) is 12.9. The van der Waals surface area contributed by atoms with E-state index >= 15 is 0 Å². The minimum absolute atomic E-state index is 0.0805. The van der Waals surface area contributed by atoms with Crippen LogP contribution in [0.2, 0.25) is 0 Å². The second kappa shape index (κ2) is 7.50. The van der Waals surface area contributed by atoms with E-state index < -0.39 is 12.3 Å². The van der Waals surface area contributed by atoms with Crippen LogP contribution >= 0.6 is 0 Å². The number of carbonyl (C=O) groups is 2. The van der Waals surface area contributed by atoms with E-state index in [0.29, 0.717) is 0 Å². The topological polar surface area (TPSA) is 71.1 Å². The Morgan fingerprint density at radius 2 is 0.833 bits per heavy atom. The van der Waals surface area contributed by atoms with Gasteiger partial charge in [-0.1, -0.05) is 36.4 Å². The zero-order valence-electron chi connectivity index (χ0n) is 12.9. The van der Waals surface area contributed by atoms with Crippen molar-refractivity contribution >= 4 is 12.3 Å². The molecule has 124 valence electrons. The Hall–Kier alpha value is -3.02. The molecule has 0 amide bonds. The highest BCUT2D eigenvalue weighted by atomic mass is 16.7. The largest absolute Gasteiger partial charge is 0.508 e. The van der Waals surface area contributed by atoms with E-state index in [0.717, 1.165) is 22.3 Å². The van der Waals surface area contributed by atoms with Crippen molar-refractivity contribution in [3.8, 4) is 0 Å². The highest BCUT2D eigenvalue weighted by Crippen LogP contribution is 2.12. The molecule has 0 fully saturated rings. The van der Waals surface area contributed by atoms with Crippen molar-refractivity contribution in [2.24, 2.45) is 0 Å². The van der Waals surface area contributed by atoms with E-state index in [1.165, 1.54) is 0 Å². The standard InChI is InChI=1S/C18H16O6/c19-17-21-9-13-3-1-4-14(7-13)10-22-18(20)24-12-16-6-2-5-15(8-16)11-23-17/h1-8H,9-12H2. The predicted molar refractivity (Wildman–Crippen MR) is 82.8 cm³/mol. The second-order valence-electron chi connectivity index (χ2n) is 5.29. The molecule has 0 atom stereocenters. The SMILES string of the molecule is O=C1OCc2cccc(c2)COC(=O)OCc2cccc(c2)CO1. The van der Waals surface area contributed by atoms with Crippen LogP contribution in [0.4, 0.5) is 9.59 Å². The predicted octanol–water partition coefficient (Wildman–Crippen LogP) is 3.71. The van der Waals surface area contributed by atoms with Crippen molar-refractivity contribution in [1.82, 2.24) is 0 Å². The van der Waals surface area contributed by atoms with Crippen LogP contribution in [0.3, 0.4) is 0 Å². The monoisotopic (exact) mass is 328 g/mol. The van der Waals surface area contributed by atoms with Gasteiger partial charge in [0, 0.05) is 0 Å². The van der Waals surface area contributed by atoms with Crippen molar-refractivity contribution < 1.29 is 28.5 Å². The molecule has 4 bridgehead atoms. The van der Waals surface area contributed by atoms with E-state index in [9.17, 15) is 9.59 Å². The maximum atomic E-state index is 11.7. The third-order valence-electron chi connectivity index (χ3n) is 3.41. The Morgan fingerprint density at radius 1 is 0.542 bits per heavy atom. The number of cyclic esters (lactones) is 4. The summed E-state index contributed by atoms with van der Waals surface area (Å²) in [6.07, 6.45) is -1.47. The van der Waals surface area contributed by atoms with Gasteiger partial charge >= 0.3 is 12.3 Å². The number of hydrogen-bond acceptors (Lipinski definition) is 6. The second-order valence-corrected chi connectivity index (χ2v) is 5.29. The number of carbonyl (C=O) groups excluding carboxylic acids is 2. The molecule has 6 nitrogen and oxygen atoms in total. The first-order chi connectivity index (χ1) is 11.7. The number of fused-ring (bicyclic) bond motifs is 4. The molecule has 6 heteroatoms. The van der Waals surface area contributed by atoms with Gasteiger partial charge in [0.25, 0.3) is 0 Å². The van der Waals surface area contributed by atoms with Crippen LogP contribution in [-0.4, -0.2) is 12.3 Å². The molecule has 1 heterocycles. The van der Waals surface area contributed by atoms with Gasteiger partial charge in [-0.25, -0.2) is 9.59 Å². The molecule has 0 radical (unpaired) electrons. The van der Waals surface area contributed by atoms with Crippen molar-refractivity contribution in [3.63, 3.8) is 0 Å². The fraction of sp³-hybridized carbons (Fsp3) is 0.222. The summed E-state index contributed by atoms with van der Waals surface area (Å²) < 4.78 is 20.3. The summed E-state index contributed by atoms with van der Waals surface area (Å²) in [6, 6.07) is 14.4. The van der Waals surface area contributed by atoms with Crippen LogP contribution in [0.1, 0.15) is 22.3 Å². The molecular formula is C18H16O6. The lowest BCUT2D eigenvalue weighted by atomic mass is 10.1. The molecule has 0 saturated carbocycles. The fourth-order valence-corrected chi connectivity index (χ4v) is 2.27. The highest BCUT2D eigenvalue weighted by Gasteiger charge is 2.10. The average Bonchev–Trinajstić information content (AvgIpc) is 2.61. The Kier molecular flexibility index (Phi) is 4.96. The van der Waals surface area contributed by atoms with Crippen LogP contribution in [0.5, 0.6) is 0 Å². The summed E-state index contributed by atoms with van der Waals surface area (Å²) in [5.74, 6) is 0. The van der Waals surface area contributed by atoms with Crippen molar-refractivity contribution in [1.29, 1.82) is 0 Å². The smallest absolute Gasteiger partial charge is 0.429 e. The maximum absolute atomic E-state index is 11.7. The van der Waals surface area contributed by atoms with Gasteiger partial charge in [0.05, 0.1) is 0 Å². The molecule has 3 rings (SSSR count). The lowest BCUT2D eigenvalue weighted by molar-refractivity contribution is 0.0429. The lowest BCUT2D eigenvalue weighted by Gasteiger charge is -2.11. The third-order valence-corrected chi connectivity index (χ3v) is 3.41. The average molecular weight is 328 g/mol. The summed E-state index contributed by atoms with van der Waals surface area (Å²) in [6.45, 7) is 0.322. The quantitative estimate of drug-likeness (QED) is 0.687. The van der Waals surface area contributed by atoms with Gasteiger partial charge in [-0.05, 0) is 34.4 Å². The Morgan fingerprint density at radius 3 is 1.12 bits per heavy atom. The van der Waals surface area contributed by atoms with Crippen LogP contribution in [0.25, 0.3) is 0 Å². The molecule has 1 aliphatic heterocycles. The Balaban J connectivity index is 1.76. The van der Waals surface area contributed by atoms with E-state index in [1.54, 1.807) is 24.3 Å². The van der Waals surface area contributed by atoms with Gasteiger partial charge in [0.1, 0.15) is 26.4 Å². The summed E-state index contributed by atoms with van der Waals surface area (Å²) in [7, 11) is 0. The highest BCUT2D eigenvalue weighted by molar-refractivity contribution is 5.60. The Bertz CT molecular complexity index is 626. The summed E-state index contributed by atoms with van der Waals surface area (Å²) in [5, 5.41) is 0. The summed E-state index contributed by atoms with van der Waals surface area (Å²) in [5.41, 5.74) is 3.09. The lowest BCUT2D eigenvalue weighted by Crippen LogP contribution is -2.10. The Labute approximate surface area is 138 Å². The summed E-state index contributed by atoms with van der Waals surface area (Å²) in [4.78, 5) is 23.3. The van der Waals surface area contributed by atoms with Gasteiger partial charge in [-0.15, -0.1) is 0 Å². The molecule has 0 aromatic heterocycles. The molecule has 0 aliphatic carbocycles. The van der Waals surface area contributed by atoms with Gasteiger partial charge in [0.2, 0.25) is 0 Å². The number of hydrogen-bond donors (Lipinski definition) is 0. The van der Waals surface area contributed by atoms with Crippen LogP contribution in [0.15, 0.2) is 48.5 Å². The molecule has 0 unspecified atom stereocenters. The third kappa shape index (κ3) is 4.49. The zero-order chi connectivity index (χ0) is 16.8.